The van der Waals surface area contributed by atoms with E-state index in [0.717, 1.165) is 5.56 Å². The van der Waals surface area contributed by atoms with Crippen LogP contribution in [0.25, 0.3) is 0 Å². The summed E-state index contributed by atoms with van der Waals surface area (Å²) in [5.74, 6) is -0.866. The molecule has 0 aliphatic heterocycles. The van der Waals surface area contributed by atoms with Gasteiger partial charge in [0, 0.05) is 30.1 Å². The van der Waals surface area contributed by atoms with Crippen molar-refractivity contribution in [3.63, 3.8) is 0 Å². The fourth-order valence-electron chi connectivity index (χ4n) is 2.56. The molecule has 0 unspecified atom stereocenters. The number of methoxy groups -OCH3 is 1. The molecular weight excluding hydrogens is 380 g/mol. The van der Waals surface area contributed by atoms with Crippen LogP contribution < -0.4 is 5.32 Å². The number of hydrogen-bond donors (Lipinski definition) is 1. The van der Waals surface area contributed by atoms with Crippen LogP contribution in [0.5, 0.6) is 0 Å². The average Bonchev–Trinajstić information content (AvgIpc) is 2.71. The molecule has 0 atom stereocenters. The van der Waals surface area contributed by atoms with Crippen molar-refractivity contribution < 1.29 is 19.1 Å². The van der Waals surface area contributed by atoms with Crippen LogP contribution in [-0.4, -0.2) is 42.9 Å². The van der Waals surface area contributed by atoms with Crippen LogP contribution in [0.15, 0.2) is 54.6 Å². The van der Waals surface area contributed by atoms with Crippen molar-refractivity contribution >= 4 is 29.4 Å². The number of carbonyl (C=O) groups is 3. The Hall–Kier alpha value is -2.86. The number of hydrogen-bond acceptors (Lipinski definition) is 4. The van der Waals surface area contributed by atoms with Crippen molar-refractivity contribution in [3.05, 3.63) is 70.7 Å². The normalized spacial score (nSPS) is 10.2. The first-order valence-corrected chi connectivity index (χ1v) is 9.29. The van der Waals surface area contributed by atoms with Gasteiger partial charge in [0.15, 0.2) is 0 Å². The molecule has 0 aliphatic carbocycles. The zero-order valence-corrected chi connectivity index (χ0v) is 16.4. The molecule has 148 valence electrons. The molecule has 0 saturated carbocycles. The summed E-state index contributed by atoms with van der Waals surface area (Å²) >= 11 is 5.81. The molecule has 2 amide bonds. The van der Waals surface area contributed by atoms with Gasteiger partial charge in [-0.2, -0.15) is 0 Å². The van der Waals surface area contributed by atoms with Crippen LogP contribution in [0.1, 0.15) is 28.8 Å². The number of nitrogens with one attached hydrogen (secondary N) is 1. The summed E-state index contributed by atoms with van der Waals surface area (Å²) in [7, 11) is 1.29. The summed E-state index contributed by atoms with van der Waals surface area (Å²) < 4.78 is 4.68. The number of esters is 1. The quantitative estimate of drug-likeness (QED) is 0.516. The van der Waals surface area contributed by atoms with Gasteiger partial charge in [-0.15, -0.1) is 0 Å². The van der Waals surface area contributed by atoms with Gasteiger partial charge in [0.1, 0.15) is 6.54 Å². The van der Waals surface area contributed by atoms with E-state index >= 15 is 0 Å². The molecule has 0 saturated heterocycles. The van der Waals surface area contributed by atoms with Crippen LogP contribution in [0.3, 0.4) is 0 Å². The molecule has 2 rings (SSSR count). The Bertz CT molecular complexity index is 794. The third-order valence-electron chi connectivity index (χ3n) is 4.08. The minimum absolute atomic E-state index is 0.110. The predicted molar refractivity (Wildman–Crippen MR) is 107 cm³/mol. The Labute approximate surface area is 169 Å². The minimum Gasteiger partial charge on any atom is -0.468 e. The zero-order chi connectivity index (χ0) is 20.4. The lowest BCUT2D eigenvalue weighted by atomic mass is 10.2. The second kappa shape index (κ2) is 11.1. The number of nitrogens with zero attached hydrogens (tertiary/aromatic N) is 1. The maximum Gasteiger partial charge on any atom is 0.325 e. The van der Waals surface area contributed by atoms with Crippen LogP contribution in [-0.2, 0) is 20.9 Å². The van der Waals surface area contributed by atoms with Gasteiger partial charge in [-0.05, 0) is 36.2 Å². The molecular formula is C21H23ClN2O4. The molecule has 6 nitrogen and oxygen atoms in total. The first-order valence-electron chi connectivity index (χ1n) is 8.92. The van der Waals surface area contributed by atoms with Crippen molar-refractivity contribution in [1.82, 2.24) is 10.2 Å². The van der Waals surface area contributed by atoms with E-state index < -0.39 is 5.97 Å². The lowest BCUT2D eigenvalue weighted by Gasteiger charge is -2.21. The highest BCUT2D eigenvalue weighted by Crippen LogP contribution is 2.10. The summed E-state index contributed by atoms with van der Waals surface area (Å²) in [5, 5.41) is 3.33. The highest BCUT2D eigenvalue weighted by Gasteiger charge is 2.18. The third-order valence-corrected chi connectivity index (χ3v) is 4.33. The Morgan fingerprint density at radius 3 is 2.36 bits per heavy atom. The number of amides is 2. The largest absolute Gasteiger partial charge is 0.468 e. The Morgan fingerprint density at radius 1 is 1.04 bits per heavy atom. The van der Waals surface area contributed by atoms with Crippen molar-refractivity contribution in [3.8, 4) is 0 Å². The molecule has 0 heterocycles. The van der Waals surface area contributed by atoms with E-state index in [0.29, 0.717) is 30.1 Å². The van der Waals surface area contributed by atoms with Gasteiger partial charge in [0.05, 0.1) is 7.11 Å². The molecule has 2 aromatic rings. The first kappa shape index (κ1) is 21.4. The molecule has 2 aromatic carbocycles. The number of benzene rings is 2. The van der Waals surface area contributed by atoms with Crippen molar-refractivity contribution in [1.29, 1.82) is 0 Å². The summed E-state index contributed by atoms with van der Waals surface area (Å²) in [6, 6.07) is 16.0. The maximum absolute atomic E-state index is 12.5. The van der Waals surface area contributed by atoms with Crippen LogP contribution in [0.2, 0.25) is 5.02 Å². The van der Waals surface area contributed by atoms with Crippen LogP contribution in [0.4, 0.5) is 0 Å². The van der Waals surface area contributed by atoms with Gasteiger partial charge in [0.2, 0.25) is 5.91 Å². The van der Waals surface area contributed by atoms with Gasteiger partial charge >= 0.3 is 5.97 Å². The molecule has 0 bridgehead atoms. The second-order valence-electron chi connectivity index (χ2n) is 6.18. The lowest BCUT2D eigenvalue weighted by Crippen LogP contribution is -2.36. The summed E-state index contributed by atoms with van der Waals surface area (Å²) in [6.07, 6.45) is 0.676. The molecule has 0 radical (unpaired) electrons. The number of halogens is 1. The van der Waals surface area contributed by atoms with E-state index in [2.05, 4.69) is 10.1 Å². The third kappa shape index (κ3) is 7.04. The van der Waals surface area contributed by atoms with E-state index in [1.807, 2.05) is 30.3 Å². The van der Waals surface area contributed by atoms with E-state index in [1.165, 1.54) is 12.0 Å². The standard InChI is InChI=1S/C21H23ClN2O4/c1-28-20(26)15-24(14-16-6-3-2-4-7-16)19(25)8-5-13-23-21(27)17-9-11-18(22)12-10-17/h2-4,6-7,9-12H,5,8,13-15H2,1H3,(H,23,27). The Kier molecular flexibility index (Phi) is 8.49. The molecule has 0 aliphatic rings. The highest BCUT2D eigenvalue weighted by molar-refractivity contribution is 6.30. The van der Waals surface area contributed by atoms with Crippen molar-refractivity contribution in [2.75, 3.05) is 20.2 Å². The van der Waals surface area contributed by atoms with Crippen LogP contribution >= 0.6 is 11.6 Å². The number of rotatable bonds is 9. The molecule has 1 N–H and O–H groups in total. The monoisotopic (exact) mass is 402 g/mol. The number of ether oxygens (including phenoxy) is 1. The van der Waals surface area contributed by atoms with Gasteiger partial charge < -0.3 is 15.0 Å². The van der Waals surface area contributed by atoms with E-state index in [1.54, 1.807) is 24.3 Å². The molecule has 0 fully saturated rings. The Balaban J connectivity index is 1.83. The van der Waals surface area contributed by atoms with Crippen LogP contribution in [0, 0.1) is 0 Å². The fourth-order valence-corrected chi connectivity index (χ4v) is 2.69. The molecule has 0 spiro atoms. The molecule has 28 heavy (non-hydrogen) atoms. The number of carbonyl (C=O) groups excluding carboxylic acids is 3. The summed E-state index contributed by atoms with van der Waals surface area (Å²) in [5.41, 5.74) is 1.43. The maximum atomic E-state index is 12.5. The van der Waals surface area contributed by atoms with Gasteiger partial charge in [-0.25, -0.2) is 0 Å². The zero-order valence-electron chi connectivity index (χ0n) is 15.7. The average molecular weight is 403 g/mol. The topological polar surface area (TPSA) is 75.7 Å². The van der Waals surface area contributed by atoms with E-state index in [9.17, 15) is 14.4 Å². The first-order chi connectivity index (χ1) is 13.5. The summed E-state index contributed by atoms with van der Waals surface area (Å²) in [4.78, 5) is 37.7. The van der Waals surface area contributed by atoms with Crippen molar-refractivity contribution in [2.45, 2.75) is 19.4 Å². The lowest BCUT2D eigenvalue weighted by molar-refractivity contribution is -0.147. The highest BCUT2D eigenvalue weighted by atomic mass is 35.5. The predicted octanol–water partition coefficient (Wildman–Crippen LogP) is 3.05. The smallest absolute Gasteiger partial charge is 0.325 e. The van der Waals surface area contributed by atoms with E-state index in [-0.39, 0.29) is 24.8 Å². The van der Waals surface area contributed by atoms with Gasteiger partial charge in [-0.1, -0.05) is 41.9 Å². The van der Waals surface area contributed by atoms with Gasteiger partial charge in [-0.3, -0.25) is 14.4 Å². The van der Waals surface area contributed by atoms with Gasteiger partial charge in [0.25, 0.3) is 5.91 Å². The Morgan fingerprint density at radius 2 is 1.71 bits per heavy atom. The second-order valence-corrected chi connectivity index (χ2v) is 6.61. The van der Waals surface area contributed by atoms with E-state index in [4.69, 9.17) is 11.6 Å². The molecule has 7 heteroatoms. The SMILES string of the molecule is COC(=O)CN(Cc1ccccc1)C(=O)CCCNC(=O)c1ccc(Cl)cc1. The molecule has 0 aromatic heterocycles. The minimum atomic E-state index is -0.472. The summed E-state index contributed by atoms with van der Waals surface area (Å²) in [6.45, 7) is 0.567. The van der Waals surface area contributed by atoms with Crippen molar-refractivity contribution in [2.24, 2.45) is 0 Å². The fraction of sp³-hybridized carbons (Fsp3) is 0.286.